The zero-order valence-corrected chi connectivity index (χ0v) is 16.7. The summed E-state index contributed by atoms with van der Waals surface area (Å²) in [5, 5.41) is 0. The number of anilines is 1. The molecule has 0 saturated carbocycles. The molecule has 2 aromatic carbocycles. The normalized spacial score (nSPS) is 13.8. The number of esters is 1. The lowest BCUT2D eigenvalue weighted by Gasteiger charge is -2.34. The first kappa shape index (κ1) is 19.6. The summed E-state index contributed by atoms with van der Waals surface area (Å²) >= 11 is 0. The second-order valence-electron chi connectivity index (χ2n) is 7.02. The predicted octanol–water partition coefficient (Wildman–Crippen LogP) is 3.03. The van der Waals surface area contributed by atoms with Crippen LogP contribution in [0.2, 0.25) is 0 Å². The van der Waals surface area contributed by atoms with Gasteiger partial charge in [-0.05, 0) is 41.5 Å². The molecule has 152 valence electrons. The molecule has 1 fully saturated rings. The van der Waals surface area contributed by atoms with Crippen molar-refractivity contribution in [2.24, 2.45) is 0 Å². The maximum Gasteiger partial charge on any atom is 0.308 e. The van der Waals surface area contributed by atoms with Crippen molar-refractivity contribution in [1.29, 1.82) is 0 Å². The van der Waals surface area contributed by atoms with Crippen LogP contribution < -0.4 is 9.64 Å². The largest absolute Gasteiger partial charge is 0.427 e. The number of amides is 1. The lowest BCUT2D eigenvalue weighted by atomic mass is 10.0. The Bertz CT molecular complexity index is 1010. The number of rotatable bonds is 4. The Kier molecular flexibility index (Phi) is 5.70. The van der Waals surface area contributed by atoms with Gasteiger partial charge in [0.1, 0.15) is 5.75 Å². The van der Waals surface area contributed by atoms with Crippen LogP contribution in [0, 0.1) is 0 Å². The van der Waals surface area contributed by atoms with Crippen molar-refractivity contribution in [3.05, 3.63) is 72.6 Å². The fraction of sp³-hybridized carbons (Fsp3) is 0.217. The summed E-state index contributed by atoms with van der Waals surface area (Å²) in [7, 11) is 0. The molecule has 7 heteroatoms. The second-order valence-corrected chi connectivity index (χ2v) is 7.02. The minimum atomic E-state index is -0.345. The zero-order valence-electron chi connectivity index (χ0n) is 16.7. The molecule has 0 spiro atoms. The summed E-state index contributed by atoms with van der Waals surface area (Å²) in [6.07, 6.45) is 3.45. The van der Waals surface area contributed by atoms with E-state index < -0.39 is 0 Å². The van der Waals surface area contributed by atoms with Crippen LogP contribution in [0.1, 0.15) is 17.3 Å². The van der Waals surface area contributed by atoms with Crippen LogP contribution in [0.15, 0.2) is 67.0 Å². The van der Waals surface area contributed by atoms with Gasteiger partial charge >= 0.3 is 5.97 Å². The van der Waals surface area contributed by atoms with Gasteiger partial charge in [0.05, 0.1) is 0 Å². The van der Waals surface area contributed by atoms with Crippen molar-refractivity contribution < 1.29 is 14.3 Å². The smallest absolute Gasteiger partial charge is 0.308 e. The van der Waals surface area contributed by atoms with E-state index in [1.54, 1.807) is 30.6 Å². The average Bonchev–Trinajstić information content (AvgIpc) is 2.80. The third-order valence-electron chi connectivity index (χ3n) is 4.98. The van der Waals surface area contributed by atoms with Crippen LogP contribution in [0.3, 0.4) is 0 Å². The van der Waals surface area contributed by atoms with Gasteiger partial charge in [-0.25, -0.2) is 9.97 Å². The highest BCUT2D eigenvalue weighted by molar-refractivity contribution is 5.95. The van der Waals surface area contributed by atoms with Crippen molar-refractivity contribution >= 4 is 17.8 Å². The van der Waals surface area contributed by atoms with E-state index in [2.05, 4.69) is 14.9 Å². The molecule has 0 aliphatic carbocycles. The second kappa shape index (κ2) is 8.73. The van der Waals surface area contributed by atoms with Gasteiger partial charge in [-0.1, -0.05) is 24.3 Å². The van der Waals surface area contributed by atoms with Crippen LogP contribution in [-0.4, -0.2) is 52.9 Å². The van der Waals surface area contributed by atoms with Gasteiger partial charge in [0.2, 0.25) is 5.95 Å². The first-order valence-electron chi connectivity index (χ1n) is 9.80. The number of carbonyl (C=O) groups excluding carboxylic acids is 2. The van der Waals surface area contributed by atoms with E-state index in [1.807, 2.05) is 41.3 Å². The zero-order chi connectivity index (χ0) is 20.9. The molecule has 30 heavy (non-hydrogen) atoms. The molecule has 7 nitrogen and oxygen atoms in total. The molecule has 1 aliphatic rings. The molecular weight excluding hydrogens is 380 g/mol. The Balaban J connectivity index is 1.38. The number of ether oxygens (including phenoxy) is 1. The lowest BCUT2D eigenvalue weighted by molar-refractivity contribution is -0.131. The summed E-state index contributed by atoms with van der Waals surface area (Å²) in [4.78, 5) is 36.4. The number of hydrogen-bond donors (Lipinski definition) is 0. The van der Waals surface area contributed by atoms with E-state index in [1.165, 1.54) is 6.92 Å². The number of hydrogen-bond acceptors (Lipinski definition) is 6. The molecule has 1 aliphatic heterocycles. The Labute approximate surface area is 174 Å². The maximum atomic E-state index is 12.9. The summed E-state index contributed by atoms with van der Waals surface area (Å²) in [5.74, 6) is 0.898. The minimum absolute atomic E-state index is 0.0281. The molecule has 0 atom stereocenters. The number of nitrogens with zero attached hydrogens (tertiary/aromatic N) is 4. The van der Waals surface area contributed by atoms with Gasteiger partial charge in [0.15, 0.2) is 0 Å². The van der Waals surface area contributed by atoms with Gasteiger partial charge in [-0.2, -0.15) is 0 Å². The van der Waals surface area contributed by atoms with Crippen LogP contribution in [0.25, 0.3) is 11.1 Å². The van der Waals surface area contributed by atoms with Crippen LogP contribution in [-0.2, 0) is 4.79 Å². The van der Waals surface area contributed by atoms with Crippen molar-refractivity contribution in [1.82, 2.24) is 14.9 Å². The molecule has 1 aromatic heterocycles. The molecular formula is C23H22N4O3. The van der Waals surface area contributed by atoms with Crippen molar-refractivity contribution in [3.8, 4) is 16.9 Å². The SMILES string of the molecule is CC(=O)Oc1ccc(-c2ccc(C(=O)N3CCN(c4ncccn4)CC3)cc2)cc1. The predicted molar refractivity (Wildman–Crippen MR) is 113 cm³/mol. The van der Waals surface area contributed by atoms with Gasteiger partial charge in [0.25, 0.3) is 5.91 Å². The highest BCUT2D eigenvalue weighted by Gasteiger charge is 2.23. The molecule has 4 rings (SSSR count). The van der Waals surface area contributed by atoms with Gasteiger partial charge in [-0.3, -0.25) is 9.59 Å². The summed E-state index contributed by atoms with van der Waals surface area (Å²) in [5.41, 5.74) is 2.65. The Morgan fingerprint density at radius 2 is 1.40 bits per heavy atom. The average molecular weight is 402 g/mol. The highest BCUT2D eigenvalue weighted by Crippen LogP contribution is 2.23. The van der Waals surface area contributed by atoms with Crippen LogP contribution >= 0.6 is 0 Å². The van der Waals surface area contributed by atoms with Crippen LogP contribution in [0.5, 0.6) is 5.75 Å². The van der Waals surface area contributed by atoms with E-state index in [4.69, 9.17) is 4.74 Å². The lowest BCUT2D eigenvalue weighted by Crippen LogP contribution is -2.49. The third-order valence-corrected chi connectivity index (χ3v) is 4.98. The molecule has 3 aromatic rings. The van der Waals surface area contributed by atoms with E-state index in [0.29, 0.717) is 43.4 Å². The molecule has 0 radical (unpaired) electrons. The summed E-state index contributed by atoms with van der Waals surface area (Å²) < 4.78 is 5.06. The van der Waals surface area contributed by atoms with Crippen molar-refractivity contribution in [2.45, 2.75) is 6.92 Å². The third kappa shape index (κ3) is 4.46. The minimum Gasteiger partial charge on any atom is -0.427 e. The van der Waals surface area contributed by atoms with Crippen LogP contribution in [0.4, 0.5) is 5.95 Å². The fourth-order valence-electron chi connectivity index (χ4n) is 3.43. The molecule has 1 saturated heterocycles. The Hall–Kier alpha value is -3.74. The molecule has 1 amide bonds. The first-order valence-corrected chi connectivity index (χ1v) is 9.80. The number of benzene rings is 2. The van der Waals surface area contributed by atoms with E-state index in [0.717, 1.165) is 11.1 Å². The molecule has 0 N–H and O–H groups in total. The maximum absolute atomic E-state index is 12.9. The Morgan fingerprint density at radius 1 is 0.833 bits per heavy atom. The van der Waals surface area contributed by atoms with E-state index >= 15 is 0 Å². The molecule has 2 heterocycles. The number of piperazine rings is 1. The van der Waals surface area contributed by atoms with Gasteiger partial charge in [0, 0.05) is 51.1 Å². The van der Waals surface area contributed by atoms with E-state index in [9.17, 15) is 9.59 Å². The standard InChI is InChI=1S/C23H22N4O3/c1-17(28)30-21-9-7-19(8-10-21)18-3-5-20(6-4-18)22(29)26-13-15-27(16-14-26)23-24-11-2-12-25-23/h2-12H,13-16H2,1H3. The fourth-order valence-corrected chi connectivity index (χ4v) is 3.43. The van der Waals surface area contributed by atoms with E-state index in [-0.39, 0.29) is 11.9 Å². The summed E-state index contributed by atoms with van der Waals surface area (Å²) in [6.45, 7) is 4.07. The van der Waals surface area contributed by atoms with Gasteiger partial charge in [-0.15, -0.1) is 0 Å². The van der Waals surface area contributed by atoms with Crippen molar-refractivity contribution in [3.63, 3.8) is 0 Å². The topological polar surface area (TPSA) is 75.6 Å². The monoisotopic (exact) mass is 402 g/mol. The number of aromatic nitrogens is 2. The first-order chi connectivity index (χ1) is 14.6. The van der Waals surface area contributed by atoms with Crippen molar-refractivity contribution in [2.75, 3.05) is 31.1 Å². The molecule has 0 bridgehead atoms. The highest BCUT2D eigenvalue weighted by atomic mass is 16.5. The quantitative estimate of drug-likeness (QED) is 0.493. The molecule has 0 unspecified atom stereocenters. The van der Waals surface area contributed by atoms with Gasteiger partial charge < -0.3 is 14.5 Å². The Morgan fingerprint density at radius 3 is 1.97 bits per heavy atom. The number of carbonyl (C=O) groups is 2. The summed E-state index contributed by atoms with van der Waals surface area (Å²) in [6, 6.07) is 16.7.